The van der Waals surface area contributed by atoms with Crippen molar-refractivity contribution in [1.82, 2.24) is 55.1 Å². The lowest BCUT2D eigenvalue weighted by Gasteiger charge is -2.29. The molecule has 1 saturated carbocycles. The van der Waals surface area contributed by atoms with Crippen LogP contribution in [0.5, 0.6) is 0 Å². The molecule has 2 saturated heterocycles. The molecular formula is C54H65N11O6. The highest BCUT2D eigenvalue weighted by Crippen LogP contribution is 2.38. The number of carbonyl (C=O) groups is 4. The number of aromatic amines is 2. The first-order chi connectivity index (χ1) is 34.4. The number of imidazole rings is 2. The summed E-state index contributed by atoms with van der Waals surface area (Å²) in [7, 11) is 2.59. The number of nitrogens with one attached hydrogen (secondary N) is 4. The van der Waals surface area contributed by atoms with Crippen LogP contribution >= 0.6 is 0 Å². The van der Waals surface area contributed by atoms with E-state index < -0.39 is 24.3 Å². The molecule has 3 fully saturated rings. The Morgan fingerprint density at radius 2 is 0.986 bits per heavy atom. The third-order valence-electron chi connectivity index (χ3n) is 14.4. The summed E-state index contributed by atoms with van der Waals surface area (Å²) in [6.45, 7) is 8.77. The van der Waals surface area contributed by atoms with E-state index in [1.165, 1.54) is 51.9 Å². The predicted octanol–water partition coefficient (Wildman–Crippen LogP) is 9.52. The number of methoxy groups -OCH3 is 2. The van der Waals surface area contributed by atoms with Crippen LogP contribution in [0.3, 0.4) is 0 Å². The molecule has 3 aliphatic rings. The fourth-order valence-electron chi connectivity index (χ4n) is 10.5. The Kier molecular flexibility index (Phi) is 14.7. The SMILES string of the molecule is COC(=O)N[C@H](C(=O)N1CCC[C@H]1c1nc(-c2ccc(-c3nnc(-c4ccc(-c5c[nH]c([C@@H]6CCCN6C(=O)[C@@H](NC(=O)OC)C(C)C)n5)cc4)n3-c3ccc(C4CCCCC4)cc3)cc2)c[nH]1)C(C)C. The van der Waals surface area contributed by atoms with Crippen LogP contribution < -0.4 is 10.6 Å². The molecule has 4 amide bonds. The van der Waals surface area contributed by atoms with Crippen molar-refractivity contribution in [2.24, 2.45) is 11.8 Å². The standard InChI is InChI=1S/C54H65N11O6/c1-32(2)45(59-53(68)70-5)51(66)63-28-10-14-43(63)47-55-30-41(57-47)36-16-20-38(21-17-36)49-61-62-50(65(49)40-26-24-35(25-27-40)34-12-8-7-9-13-34)39-22-18-37(19-23-39)42-31-56-48(58-42)44-15-11-29-64(44)52(67)46(33(3)4)60-54(69)71-6/h16-27,30-34,43-46H,7-15,28-29H2,1-6H3,(H,55,57)(H,56,58)(H,59,68)(H,60,69)/t43-,44-,45-,46-/m0/s1. The second-order valence-corrected chi connectivity index (χ2v) is 19.7. The van der Waals surface area contributed by atoms with Gasteiger partial charge in [-0.05, 0) is 74.0 Å². The first-order valence-corrected chi connectivity index (χ1v) is 25.1. The van der Waals surface area contributed by atoms with Crippen molar-refractivity contribution in [3.05, 3.63) is 102 Å². The van der Waals surface area contributed by atoms with Gasteiger partial charge in [0.05, 0.1) is 37.7 Å². The van der Waals surface area contributed by atoms with Gasteiger partial charge in [0.1, 0.15) is 23.7 Å². The number of benzene rings is 3. The lowest BCUT2D eigenvalue weighted by atomic mass is 9.84. The summed E-state index contributed by atoms with van der Waals surface area (Å²) in [6.07, 6.45) is 11.9. The Balaban J connectivity index is 0.967. The molecule has 3 aromatic carbocycles. The first kappa shape index (κ1) is 48.7. The van der Waals surface area contributed by atoms with Crippen LogP contribution in [0.25, 0.3) is 51.0 Å². The van der Waals surface area contributed by atoms with E-state index in [0.29, 0.717) is 42.3 Å². The predicted molar refractivity (Wildman–Crippen MR) is 269 cm³/mol. The van der Waals surface area contributed by atoms with Crippen molar-refractivity contribution in [1.29, 1.82) is 0 Å². The number of ether oxygens (including phenoxy) is 2. The largest absolute Gasteiger partial charge is 0.453 e. The minimum Gasteiger partial charge on any atom is -0.453 e. The van der Waals surface area contributed by atoms with Crippen molar-refractivity contribution in [3.63, 3.8) is 0 Å². The molecule has 1 aliphatic carbocycles. The normalized spacial score (nSPS) is 18.2. The minimum absolute atomic E-state index is 0.126. The van der Waals surface area contributed by atoms with Crippen LogP contribution in [0.1, 0.15) is 121 Å². The maximum atomic E-state index is 13.8. The van der Waals surface area contributed by atoms with Crippen LogP contribution in [0.2, 0.25) is 0 Å². The quantitative estimate of drug-likeness (QED) is 0.0814. The van der Waals surface area contributed by atoms with Gasteiger partial charge in [-0.1, -0.05) is 108 Å². The number of hydrogen-bond acceptors (Lipinski definition) is 10. The number of amides is 4. The van der Waals surface area contributed by atoms with Crippen molar-refractivity contribution in [3.8, 4) is 51.0 Å². The monoisotopic (exact) mass is 964 g/mol. The summed E-state index contributed by atoms with van der Waals surface area (Å²) >= 11 is 0. The van der Waals surface area contributed by atoms with Gasteiger partial charge in [0, 0.05) is 53.4 Å². The van der Waals surface area contributed by atoms with E-state index in [-0.39, 0.29) is 35.7 Å². The maximum Gasteiger partial charge on any atom is 0.407 e. The Morgan fingerprint density at radius 3 is 1.39 bits per heavy atom. The van der Waals surface area contributed by atoms with Crippen LogP contribution in [0.4, 0.5) is 9.59 Å². The van der Waals surface area contributed by atoms with Crippen LogP contribution in [0.15, 0.2) is 85.2 Å². The molecule has 17 heteroatoms. The van der Waals surface area contributed by atoms with Crippen molar-refractivity contribution in [2.45, 2.75) is 116 Å². The first-order valence-electron chi connectivity index (χ1n) is 25.1. The second kappa shape index (κ2) is 21.4. The molecule has 9 rings (SSSR count). The zero-order valence-corrected chi connectivity index (χ0v) is 41.5. The van der Waals surface area contributed by atoms with Gasteiger partial charge in [-0.15, -0.1) is 10.2 Å². The Labute approximate surface area is 414 Å². The fraction of sp³-hybridized carbons (Fsp3) is 0.444. The highest BCUT2D eigenvalue weighted by molar-refractivity contribution is 5.87. The molecule has 0 bridgehead atoms. The van der Waals surface area contributed by atoms with Crippen LogP contribution in [-0.2, 0) is 19.1 Å². The summed E-state index contributed by atoms with van der Waals surface area (Å²) < 4.78 is 11.7. The van der Waals surface area contributed by atoms with Gasteiger partial charge in [-0.25, -0.2) is 19.6 Å². The van der Waals surface area contributed by atoms with E-state index in [9.17, 15) is 19.2 Å². The van der Waals surface area contributed by atoms with E-state index in [0.717, 1.165) is 65.0 Å². The zero-order valence-electron chi connectivity index (χ0n) is 41.5. The highest BCUT2D eigenvalue weighted by atomic mass is 16.5. The topological polar surface area (TPSA) is 205 Å². The van der Waals surface area contributed by atoms with Crippen LogP contribution in [0, 0.1) is 11.8 Å². The fourth-order valence-corrected chi connectivity index (χ4v) is 10.5. The molecule has 3 aromatic heterocycles. The second-order valence-electron chi connectivity index (χ2n) is 19.7. The van der Waals surface area contributed by atoms with E-state index in [2.05, 4.69) is 49.4 Å². The minimum atomic E-state index is -0.712. The molecule has 0 spiro atoms. The van der Waals surface area contributed by atoms with Crippen molar-refractivity contribution >= 4 is 24.0 Å². The van der Waals surface area contributed by atoms with Gasteiger partial charge in [0.25, 0.3) is 0 Å². The van der Waals surface area contributed by atoms with Gasteiger partial charge in [-0.2, -0.15) is 0 Å². The molecule has 6 aromatic rings. The van der Waals surface area contributed by atoms with E-state index in [1.54, 1.807) is 0 Å². The molecule has 0 unspecified atom stereocenters. The molecule has 5 heterocycles. The highest BCUT2D eigenvalue weighted by Gasteiger charge is 2.39. The molecule has 0 radical (unpaired) electrons. The smallest absolute Gasteiger partial charge is 0.407 e. The van der Waals surface area contributed by atoms with E-state index in [4.69, 9.17) is 29.6 Å². The summed E-state index contributed by atoms with van der Waals surface area (Å²) in [5.41, 5.74) is 7.40. The third kappa shape index (κ3) is 10.3. The number of H-pyrrole nitrogens is 2. The molecule has 2 aliphatic heterocycles. The van der Waals surface area contributed by atoms with Gasteiger partial charge < -0.3 is 39.9 Å². The molecule has 4 atom stereocenters. The maximum absolute atomic E-state index is 13.8. The number of hydrogen-bond donors (Lipinski definition) is 4. The number of rotatable bonds is 14. The number of nitrogens with zero attached hydrogens (tertiary/aromatic N) is 7. The number of likely N-dealkylation sites (tertiary alicyclic amines) is 2. The molecule has 17 nitrogen and oxygen atoms in total. The number of alkyl carbamates (subject to hydrolysis) is 2. The van der Waals surface area contributed by atoms with Crippen molar-refractivity contribution < 1.29 is 28.7 Å². The van der Waals surface area contributed by atoms with Crippen molar-refractivity contribution in [2.75, 3.05) is 27.3 Å². The summed E-state index contributed by atoms with van der Waals surface area (Å²) in [4.78, 5) is 72.0. The van der Waals surface area contributed by atoms with Gasteiger partial charge in [0.2, 0.25) is 11.8 Å². The average Bonchev–Trinajstić information content (AvgIpc) is 4.27. The Morgan fingerprint density at radius 1 is 0.563 bits per heavy atom. The third-order valence-corrected chi connectivity index (χ3v) is 14.4. The lowest BCUT2D eigenvalue weighted by Crippen LogP contribution is -2.51. The molecular weight excluding hydrogens is 899 g/mol. The molecule has 4 N–H and O–H groups in total. The molecule has 71 heavy (non-hydrogen) atoms. The lowest BCUT2D eigenvalue weighted by molar-refractivity contribution is -0.136. The Hall–Kier alpha value is -7.30. The average molecular weight is 964 g/mol. The van der Waals surface area contributed by atoms with E-state index >= 15 is 0 Å². The van der Waals surface area contributed by atoms with Gasteiger partial charge >= 0.3 is 12.2 Å². The van der Waals surface area contributed by atoms with Crippen LogP contribution in [-0.4, -0.2) is 108 Å². The summed E-state index contributed by atoms with van der Waals surface area (Å²) in [5.74, 6) is 2.80. The molecule has 372 valence electrons. The zero-order chi connectivity index (χ0) is 49.8. The van der Waals surface area contributed by atoms with Gasteiger partial charge in [0.15, 0.2) is 11.6 Å². The summed E-state index contributed by atoms with van der Waals surface area (Å²) in [6, 6.07) is 23.2. The summed E-state index contributed by atoms with van der Waals surface area (Å²) in [5, 5.41) is 15.1. The van der Waals surface area contributed by atoms with Gasteiger partial charge in [-0.3, -0.25) is 14.2 Å². The van der Waals surface area contributed by atoms with E-state index in [1.807, 2.05) is 98.4 Å². The Bertz CT molecular complexity index is 2650. The number of carbonyl (C=O) groups excluding carboxylic acids is 4. The number of aromatic nitrogens is 7.